The number of amides is 2. The van der Waals surface area contributed by atoms with Gasteiger partial charge in [-0.3, -0.25) is 14.5 Å². The second-order valence-electron chi connectivity index (χ2n) is 5.33. The summed E-state index contributed by atoms with van der Waals surface area (Å²) >= 11 is 0. The topological polar surface area (TPSA) is 79.9 Å². The largest absolute Gasteiger partial charge is 0.497 e. The molecule has 1 heterocycles. The molecule has 0 saturated carbocycles. The molecule has 7 heteroatoms. The number of benzene rings is 1. The lowest BCUT2D eigenvalue weighted by Crippen LogP contribution is -2.56. The van der Waals surface area contributed by atoms with Crippen LogP contribution in [0.3, 0.4) is 0 Å². The third-order valence-corrected chi connectivity index (χ3v) is 3.97. The predicted octanol–water partition coefficient (Wildman–Crippen LogP) is 0.140. The molecule has 2 amide bonds. The summed E-state index contributed by atoms with van der Waals surface area (Å²) in [7, 11) is 4.77. The molecule has 0 radical (unpaired) electrons. The second kappa shape index (κ2) is 7.82. The standard InChI is InChI=1S/C16H23N3O4/c1-17-15(20)9-13-16(21)18-6-7-19(13)10-11-4-5-12(22-2)8-14(11)23-3/h4-5,8,13H,6-7,9-10H2,1-3H3,(H,17,20)(H,18,21). The quantitative estimate of drug-likeness (QED) is 0.779. The van der Waals surface area contributed by atoms with Gasteiger partial charge in [0, 0.05) is 38.3 Å². The van der Waals surface area contributed by atoms with Gasteiger partial charge in [-0.15, -0.1) is 0 Å². The zero-order chi connectivity index (χ0) is 16.8. The van der Waals surface area contributed by atoms with Crippen molar-refractivity contribution in [2.45, 2.75) is 19.0 Å². The van der Waals surface area contributed by atoms with Crippen LogP contribution in [0.5, 0.6) is 11.5 Å². The highest BCUT2D eigenvalue weighted by Crippen LogP contribution is 2.27. The summed E-state index contributed by atoms with van der Waals surface area (Å²) in [6, 6.07) is 5.11. The molecule has 0 aromatic heterocycles. The van der Waals surface area contributed by atoms with Crippen LogP contribution in [0.2, 0.25) is 0 Å². The molecule has 1 aromatic carbocycles. The maximum atomic E-state index is 12.1. The third-order valence-electron chi connectivity index (χ3n) is 3.97. The van der Waals surface area contributed by atoms with E-state index >= 15 is 0 Å². The number of rotatable bonds is 6. The maximum Gasteiger partial charge on any atom is 0.237 e. The fourth-order valence-corrected chi connectivity index (χ4v) is 2.65. The summed E-state index contributed by atoms with van der Waals surface area (Å²) < 4.78 is 10.6. The number of ether oxygens (including phenoxy) is 2. The van der Waals surface area contributed by atoms with Crippen LogP contribution in [0.25, 0.3) is 0 Å². The lowest BCUT2D eigenvalue weighted by Gasteiger charge is -2.34. The van der Waals surface area contributed by atoms with Crippen LogP contribution in [0.15, 0.2) is 18.2 Å². The summed E-state index contributed by atoms with van der Waals surface area (Å²) in [6.07, 6.45) is 0.140. The van der Waals surface area contributed by atoms with Crippen LogP contribution >= 0.6 is 0 Å². The molecule has 1 unspecified atom stereocenters. The van der Waals surface area contributed by atoms with Crippen LogP contribution in [-0.2, 0) is 16.1 Å². The fourth-order valence-electron chi connectivity index (χ4n) is 2.65. The van der Waals surface area contributed by atoms with Crippen LogP contribution in [0.4, 0.5) is 0 Å². The molecule has 1 aliphatic rings. The van der Waals surface area contributed by atoms with E-state index in [2.05, 4.69) is 10.6 Å². The smallest absolute Gasteiger partial charge is 0.237 e. The van der Waals surface area contributed by atoms with Crippen LogP contribution in [-0.4, -0.2) is 57.1 Å². The minimum absolute atomic E-state index is 0.118. The third kappa shape index (κ3) is 4.13. The van der Waals surface area contributed by atoms with Gasteiger partial charge < -0.3 is 20.1 Å². The molecule has 2 N–H and O–H groups in total. The first kappa shape index (κ1) is 17.1. The van der Waals surface area contributed by atoms with E-state index in [1.807, 2.05) is 23.1 Å². The van der Waals surface area contributed by atoms with Gasteiger partial charge >= 0.3 is 0 Å². The summed E-state index contributed by atoms with van der Waals surface area (Å²) in [5.41, 5.74) is 0.949. The normalized spacial score (nSPS) is 18.2. The number of nitrogens with zero attached hydrogens (tertiary/aromatic N) is 1. The van der Waals surface area contributed by atoms with Crippen molar-refractivity contribution in [3.63, 3.8) is 0 Å². The van der Waals surface area contributed by atoms with Crippen molar-refractivity contribution < 1.29 is 19.1 Å². The van der Waals surface area contributed by atoms with E-state index in [0.717, 1.165) is 5.56 Å². The highest BCUT2D eigenvalue weighted by atomic mass is 16.5. The Labute approximate surface area is 135 Å². The first-order valence-electron chi connectivity index (χ1n) is 7.52. The molecular weight excluding hydrogens is 298 g/mol. The van der Waals surface area contributed by atoms with Gasteiger partial charge in [0.05, 0.1) is 26.7 Å². The van der Waals surface area contributed by atoms with Crippen molar-refractivity contribution in [1.29, 1.82) is 0 Å². The number of nitrogens with one attached hydrogen (secondary N) is 2. The van der Waals surface area contributed by atoms with E-state index in [9.17, 15) is 9.59 Å². The lowest BCUT2D eigenvalue weighted by atomic mass is 10.1. The van der Waals surface area contributed by atoms with Crippen molar-refractivity contribution in [2.24, 2.45) is 0 Å². The average molecular weight is 321 g/mol. The maximum absolute atomic E-state index is 12.1. The van der Waals surface area contributed by atoms with Crippen molar-refractivity contribution in [3.05, 3.63) is 23.8 Å². The molecule has 2 rings (SSSR count). The highest BCUT2D eigenvalue weighted by Gasteiger charge is 2.31. The Hall–Kier alpha value is -2.28. The molecule has 126 valence electrons. The van der Waals surface area contributed by atoms with Gasteiger partial charge in [-0.05, 0) is 6.07 Å². The van der Waals surface area contributed by atoms with Gasteiger partial charge in [0.2, 0.25) is 11.8 Å². The molecule has 1 atom stereocenters. The molecule has 1 aromatic rings. The molecule has 1 aliphatic heterocycles. The van der Waals surface area contributed by atoms with Gasteiger partial charge in [0.25, 0.3) is 0 Å². The van der Waals surface area contributed by atoms with Crippen molar-refractivity contribution in [2.75, 3.05) is 34.4 Å². The Balaban J connectivity index is 2.18. The Bertz CT molecular complexity index is 576. The number of hydrogen-bond acceptors (Lipinski definition) is 5. The molecule has 23 heavy (non-hydrogen) atoms. The zero-order valence-electron chi connectivity index (χ0n) is 13.7. The Kier molecular flexibility index (Phi) is 5.81. The Morgan fingerprint density at radius 2 is 2.17 bits per heavy atom. The summed E-state index contributed by atoms with van der Waals surface area (Å²) in [6.45, 7) is 1.78. The van der Waals surface area contributed by atoms with Gasteiger partial charge in [-0.25, -0.2) is 0 Å². The Morgan fingerprint density at radius 3 is 2.83 bits per heavy atom. The number of carbonyl (C=O) groups excluding carboxylic acids is 2. The van der Waals surface area contributed by atoms with E-state index in [1.165, 1.54) is 0 Å². The Morgan fingerprint density at radius 1 is 1.39 bits per heavy atom. The van der Waals surface area contributed by atoms with Crippen LogP contribution in [0, 0.1) is 0 Å². The van der Waals surface area contributed by atoms with Crippen LogP contribution < -0.4 is 20.1 Å². The van der Waals surface area contributed by atoms with E-state index in [-0.39, 0.29) is 18.2 Å². The van der Waals surface area contributed by atoms with Gasteiger partial charge in [0.15, 0.2) is 0 Å². The van der Waals surface area contributed by atoms with E-state index in [0.29, 0.717) is 31.1 Å². The number of methoxy groups -OCH3 is 2. The van der Waals surface area contributed by atoms with E-state index in [1.54, 1.807) is 21.3 Å². The molecule has 0 spiro atoms. The number of hydrogen-bond donors (Lipinski definition) is 2. The molecule has 1 fully saturated rings. The minimum Gasteiger partial charge on any atom is -0.497 e. The van der Waals surface area contributed by atoms with Crippen molar-refractivity contribution >= 4 is 11.8 Å². The monoisotopic (exact) mass is 321 g/mol. The molecular formula is C16H23N3O4. The molecule has 0 bridgehead atoms. The van der Waals surface area contributed by atoms with E-state index in [4.69, 9.17) is 9.47 Å². The van der Waals surface area contributed by atoms with Crippen molar-refractivity contribution in [1.82, 2.24) is 15.5 Å². The molecule has 1 saturated heterocycles. The van der Waals surface area contributed by atoms with Gasteiger partial charge in [0.1, 0.15) is 11.5 Å². The zero-order valence-corrected chi connectivity index (χ0v) is 13.7. The first-order chi connectivity index (χ1) is 11.1. The van der Waals surface area contributed by atoms with Gasteiger partial charge in [-0.1, -0.05) is 6.07 Å². The molecule has 7 nitrogen and oxygen atoms in total. The summed E-state index contributed by atoms with van der Waals surface area (Å²) in [5, 5.41) is 5.38. The molecule has 0 aliphatic carbocycles. The average Bonchev–Trinajstić information content (AvgIpc) is 2.58. The number of carbonyl (C=O) groups is 2. The van der Waals surface area contributed by atoms with Crippen molar-refractivity contribution in [3.8, 4) is 11.5 Å². The second-order valence-corrected chi connectivity index (χ2v) is 5.33. The number of piperazine rings is 1. The fraction of sp³-hybridized carbons (Fsp3) is 0.500. The van der Waals surface area contributed by atoms with E-state index < -0.39 is 6.04 Å². The van der Waals surface area contributed by atoms with Crippen LogP contribution in [0.1, 0.15) is 12.0 Å². The predicted molar refractivity (Wildman–Crippen MR) is 85.4 cm³/mol. The summed E-state index contributed by atoms with van der Waals surface area (Å²) in [5.74, 6) is 1.14. The first-order valence-corrected chi connectivity index (χ1v) is 7.52. The minimum atomic E-state index is -0.476. The SMILES string of the molecule is CNC(=O)CC1C(=O)NCCN1Cc1ccc(OC)cc1OC. The highest BCUT2D eigenvalue weighted by molar-refractivity contribution is 5.88. The summed E-state index contributed by atoms with van der Waals surface area (Å²) in [4.78, 5) is 25.8. The lowest BCUT2D eigenvalue weighted by molar-refractivity contribution is -0.134. The van der Waals surface area contributed by atoms with Gasteiger partial charge in [-0.2, -0.15) is 0 Å².